The third-order valence-corrected chi connectivity index (χ3v) is 6.76. The van der Waals surface area contributed by atoms with Crippen LogP contribution in [0.15, 0.2) is 47.4 Å². The molecule has 0 amide bonds. The normalized spacial score (nSPS) is 16.4. The Kier molecular flexibility index (Phi) is 4.85. The second-order valence-electron chi connectivity index (χ2n) is 6.11. The van der Waals surface area contributed by atoms with Gasteiger partial charge in [-0.3, -0.25) is 0 Å². The first-order chi connectivity index (χ1) is 11.4. The Morgan fingerprint density at radius 2 is 1.62 bits per heavy atom. The zero-order chi connectivity index (χ0) is 17.3. The third-order valence-electron chi connectivity index (χ3n) is 4.38. The molecule has 0 unspecified atom stereocenters. The number of aryl methyl sites for hydroxylation is 2. The largest absolute Gasteiger partial charge is 0.368 e. The van der Waals surface area contributed by atoms with Crippen molar-refractivity contribution in [2.24, 2.45) is 0 Å². The average molecular weight is 365 g/mol. The Labute approximate surface area is 148 Å². The fourth-order valence-electron chi connectivity index (χ4n) is 3.11. The Hall–Kier alpha value is -1.56. The van der Waals surface area contributed by atoms with Crippen LogP contribution in [-0.4, -0.2) is 38.9 Å². The van der Waals surface area contributed by atoms with Crippen molar-refractivity contribution in [2.75, 3.05) is 31.1 Å². The molecule has 3 rings (SSSR count). The number of para-hydroxylation sites is 1. The molecule has 0 atom stereocenters. The molecular formula is C18H21ClN2O2S. The highest BCUT2D eigenvalue weighted by Gasteiger charge is 2.30. The van der Waals surface area contributed by atoms with E-state index in [2.05, 4.69) is 4.90 Å². The molecule has 4 nitrogen and oxygen atoms in total. The van der Waals surface area contributed by atoms with Gasteiger partial charge in [0.05, 0.1) is 15.6 Å². The van der Waals surface area contributed by atoms with E-state index >= 15 is 0 Å². The zero-order valence-electron chi connectivity index (χ0n) is 13.9. The van der Waals surface area contributed by atoms with Gasteiger partial charge in [0.1, 0.15) is 0 Å². The highest BCUT2D eigenvalue weighted by molar-refractivity contribution is 7.89. The van der Waals surface area contributed by atoms with Crippen LogP contribution in [0, 0.1) is 13.8 Å². The van der Waals surface area contributed by atoms with E-state index in [1.54, 1.807) is 10.4 Å². The minimum Gasteiger partial charge on any atom is -0.368 e. The van der Waals surface area contributed by atoms with E-state index in [9.17, 15) is 8.42 Å². The van der Waals surface area contributed by atoms with Crippen LogP contribution in [0.1, 0.15) is 11.1 Å². The van der Waals surface area contributed by atoms with Crippen molar-refractivity contribution in [2.45, 2.75) is 18.7 Å². The van der Waals surface area contributed by atoms with E-state index in [0.29, 0.717) is 36.1 Å². The van der Waals surface area contributed by atoms with Gasteiger partial charge in [-0.15, -0.1) is 0 Å². The molecule has 0 aromatic heterocycles. The summed E-state index contributed by atoms with van der Waals surface area (Å²) in [6.07, 6.45) is 0. The summed E-state index contributed by atoms with van der Waals surface area (Å²) >= 11 is 6.24. The second-order valence-corrected chi connectivity index (χ2v) is 8.43. The maximum absolute atomic E-state index is 12.9. The summed E-state index contributed by atoms with van der Waals surface area (Å²) in [5.74, 6) is 0. The Morgan fingerprint density at radius 1 is 0.958 bits per heavy atom. The molecular weight excluding hydrogens is 344 g/mol. The molecule has 1 saturated heterocycles. The first-order valence-corrected chi connectivity index (χ1v) is 9.78. The molecule has 1 fully saturated rings. The van der Waals surface area contributed by atoms with Crippen LogP contribution in [0.25, 0.3) is 0 Å². The van der Waals surface area contributed by atoms with Crippen molar-refractivity contribution in [3.63, 3.8) is 0 Å². The van der Waals surface area contributed by atoms with E-state index < -0.39 is 10.0 Å². The average Bonchev–Trinajstić information content (AvgIpc) is 2.55. The van der Waals surface area contributed by atoms with Crippen LogP contribution in [0.2, 0.25) is 5.02 Å². The molecule has 0 N–H and O–H groups in total. The highest BCUT2D eigenvalue weighted by atomic mass is 35.5. The molecule has 0 bridgehead atoms. The summed E-state index contributed by atoms with van der Waals surface area (Å²) < 4.78 is 27.4. The molecule has 0 radical (unpaired) electrons. The number of sulfonamides is 1. The molecule has 6 heteroatoms. The maximum atomic E-state index is 12.9. The number of hydrogen-bond acceptors (Lipinski definition) is 3. The van der Waals surface area contributed by atoms with Crippen LogP contribution < -0.4 is 4.90 Å². The highest BCUT2D eigenvalue weighted by Crippen LogP contribution is 2.28. The first kappa shape index (κ1) is 17.3. The van der Waals surface area contributed by atoms with Crippen LogP contribution in [0.3, 0.4) is 0 Å². The van der Waals surface area contributed by atoms with Gasteiger partial charge >= 0.3 is 0 Å². The lowest BCUT2D eigenvalue weighted by Crippen LogP contribution is -2.48. The number of piperazine rings is 1. The van der Waals surface area contributed by atoms with Crippen molar-refractivity contribution in [1.29, 1.82) is 0 Å². The van der Waals surface area contributed by atoms with Gasteiger partial charge in [0, 0.05) is 26.2 Å². The number of anilines is 1. The van der Waals surface area contributed by atoms with Crippen molar-refractivity contribution in [3.05, 3.63) is 58.6 Å². The van der Waals surface area contributed by atoms with Crippen LogP contribution in [0.5, 0.6) is 0 Å². The molecule has 0 saturated carbocycles. The fourth-order valence-corrected chi connectivity index (χ4v) is 4.99. The van der Waals surface area contributed by atoms with Crippen molar-refractivity contribution in [3.8, 4) is 0 Å². The predicted octanol–water partition coefficient (Wildman–Crippen LogP) is 3.47. The van der Waals surface area contributed by atoms with Gasteiger partial charge in [-0.2, -0.15) is 4.31 Å². The first-order valence-electron chi connectivity index (χ1n) is 7.96. The van der Waals surface area contributed by atoms with Gasteiger partial charge < -0.3 is 4.90 Å². The summed E-state index contributed by atoms with van der Waals surface area (Å²) in [5, 5.41) is 0.697. The van der Waals surface area contributed by atoms with E-state index in [0.717, 1.165) is 16.8 Å². The SMILES string of the molecule is Cc1ccc(S(=O)(=O)N2CCN(c3ccccc3Cl)CC2)c(C)c1. The van der Waals surface area contributed by atoms with Crippen LogP contribution in [0.4, 0.5) is 5.69 Å². The Balaban J connectivity index is 1.78. The number of benzene rings is 2. The summed E-state index contributed by atoms with van der Waals surface area (Å²) in [7, 11) is -3.45. The topological polar surface area (TPSA) is 40.6 Å². The standard InChI is InChI=1S/C18H21ClN2O2S/c1-14-7-8-18(15(2)13-14)24(22,23)21-11-9-20(10-12-21)17-6-4-3-5-16(17)19/h3-8,13H,9-12H2,1-2H3. The number of nitrogens with zero attached hydrogens (tertiary/aromatic N) is 2. The lowest BCUT2D eigenvalue weighted by molar-refractivity contribution is 0.384. The minimum atomic E-state index is -3.45. The predicted molar refractivity (Wildman–Crippen MR) is 98.3 cm³/mol. The summed E-state index contributed by atoms with van der Waals surface area (Å²) in [4.78, 5) is 2.54. The van der Waals surface area contributed by atoms with Gasteiger partial charge in [-0.05, 0) is 37.6 Å². The van der Waals surface area contributed by atoms with Crippen LogP contribution >= 0.6 is 11.6 Å². The zero-order valence-corrected chi connectivity index (χ0v) is 15.4. The molecule has 2 aromatic carbocycles. The smallest absolute Gasteiger partial charge is 0.243 e. The van der Waals surface area contributed by atoms with Crippen molar-refractivity contribution < 1.29 is 8.42 Å². The molecule has 0 aliphatic carbocycles. The number of rotatable bonds is 3. The van der Waals surface area contributed by atoms with E-state index in [1.165, 1.54) is 0 Å². The minimum absolute atomic E-state index is 0.402. The Morgan fingerprint density at radius 3 is 2.25 bits per heavy atom. The molecule has 1 aliphatic rings. The van der Waals surface area contributed by atoms with E-state index in [4.69, 9.17) is 11.6 Å². The summed E-state index contributed by atoms with van der Waals surface area (Å²) in [5.41, 5.74) is 2.82. The van der Waals surface area contributed by atoms with Gasteiger partial charge in [0.15, 0.2) is 0 Å². The van der Waals surface area contributed by atoms with Crippen molar-refractivity contribution in [1.82, 2.24) is 4.31 Å². The molecule has 128 valence electrons. The number of hydrogen-bond donors (Lipinski definition) is 0. The van der Waals surface area contributed by atoms with Gasteiger partial charge in [0.25, 0.3) is 0 Å². The molecule has 24 heavy (non-hydrogen) atoms. The molecule has 2 aromatic rings. The van der Waals surface area contributed by atoms with Gasteiger partial charge in [0.2, 0.25) is 10.0 Å². The molecule has 1 aliphatic heterocycles. The monoisotopic (exact) mass is 364 g/mol. The lowest BCUT2D eigenvalue weighted by atomic mass is 10.2. The summed E-state index contributed by atoms with van der Waals surface area (Å²) in [6.45, 7) is 6.00. The van der Waals surface area contributed by atoms with E-state index in [1.807, 2.05) is 50.2 Å². The second kappa shape index (κ2) is 6.75. The van der Waals surface area contributed by atoms with E-state index in [-0.39, 0.29) is 0 Å². The van der Waals surface area contributed by atoms with Gasteiger partial charge in [-0.1, -0.05) is 41.4 Å². The summed E-state index contributed by atoms with van der Waals surface area (Å²) in [6, 6.07) is 13.1. The van der Waals surface area contributed by atoms with Crippen molar-refractivity contribution >= 4 is 27.3 Å². The molecule has 1 heterocycles. The molecule has 0 spiro atoms. The lowest BCUT2D eigenvalue weighted by Gasteiger charge is -2.36. The fraction of sp³-hybridized carbons (Fsp3) is 0.333. The third kappa shape index (κ3) is 3.29. The number of halogens is 1. The van der Waals surface area contributed by atoms with Gasteiger partial charge in [-0.25, -0.2) is 8.42 Å². The van der Waals surface area contributed by atoms with Crippen LogP contribution in [-0.2, 0) is 10.0 Å². The maximum Gasteiger partial charge on any atom is 0.243 e. The Bertz CT molecular complexity index is 844. The quantitative estimate of drug-likeness (QED) is 0.837.